The largest absolute Gasteiger partial charge is 0.493 e. The van der Waals surface area contributed by atoms with Crippen LogP contribution in [0.2, 0.25) is 0 Å². The van der Waals surface area contributed by atoms with Crippen molar-refractivity contribution in [2.45, 2.75) is 0 Å². The number of hydrogen-bond acceptors (Lipinski definition) is 7. The van der Waals surface area contributed by atoms with Crippen LogP contribution in [0.25, 0.3) is 0 Å². The fourth-order valence-electron chi connectivity index (χ4n) is 2.41. The zero-order valence-corrected chi connectivity index (χ0v) is 16.4. The molecule has 0 spiro atoms. The summed E-state index contributed by atoms with van der Waals surface area (Å²) in [6, 6.07) is 6.11. The number of benzene rings is 1. The van der Waals surface area contributed by atoms with Gasteiger partial charge in [0.05, 0.1) is 34.1 Å². The minimum Gasteiger partial charge on any atom is -0.493 e. The standard InChI is InChI=1S/C19H23N3O7/c1-26-14-9-12(10-15(27-2)17(14)28-3)18(24)22-11-16(23)20-6-7-21-19(25)13-5-4-8-29-13/h4-5,8-10H,6-7,11H2,1-3H3,(H,20,23)(H,21,25)(H,22,24). The smallest absolute Gasteiger partial charge is 0.287 e. The Kier molecular flexibility index (Phi) is 7.89. The zero-order chi connectivity index (χ0) is 21.2. The third kappa shape index (κ3) is 5.89. The summed E-state index contributed by atoms with van der Waals surface area (Å²) in [6.45, 7) is 0.180. The molecule has 0 bridgehead atoms. The molecular weight excluding hydrogens is 382 g/mol. The van der Waals surface area contributed by atoms with Gasteiger partial charge in [-0.1, -0.05) is 0 Å². The Balaban J connectivity index is 1.79. The fraction of sp³-hybridized carbons (Fsp3) is 0.316. The Morgan fingerprint density at radius 3 is 2.10 bits per heavy atom. The summed E-state index contributed by atoms with van der Waals surface area (Å²) in [7, 11) is 4.34. The molecule has 0 aliphatic carbocycles. The average Bonchev–Trinajstić information content (AvgIpc) is 3.28. The van der Waals surface area contributed by atoms with E-state index in [0.717, 1.165) is 0 Å². The summed E-state index contributed by atoms with van der Waals surface area (Å²) in [5.74, 6) is -0.0548. The molecule has 1 heterocycles. The van der Waals surface area contributed by atoms with Gasteiger partial charge in [-0.15, -0.1) is 0 Å². The normalized spacial score (nSPS) is 10.0. The SMILES string of the molecule is COc1cc(C(=O)NCC(=O)NCCNC(=O)c2ccco2)cc(OC)c1OC. The lowest BCUT2D eigenvalue weighted by atomic mass is 10.1. The second-order valence-corrected chi connectivity index (χ2v) is 5.68. The van der Waals surface area contributed by atoms with E-state index in [-0.39, 0.29) is 36.9 Å². The van der Waals surface area contributed by atoms with Gasteiger partial charge in [0, 0.05) is 18.7 Å². The molecule has 0 atom stereocenters. The van der Waals surface area contributed by atoms with Gasteiger partial charge >= 0.3 is 0 Å². The lowest BCUT2D eigenvalue weighted by Crippen LogP contribution is -2.40. The van der Waals surface area contributed by atoms with Gasteiger partial charge in [-0.2, -0.15) is 0 Å². The van der Waals surface area contributed by atoms with Crippen LogP contribution in [0.15, 0.2) is 34.9 Å². The van der Waals surface area contributed by atoms with Crippen molar-refractivity contribution in [1.29, 1.82) is 0 Å². The molecule has 2 rings (SSSR count). The van der Waals surface area contributed by atoms with Crippen LogP contribution in [0.4, 0.5) is 0 Å². The number of rotatable bonds is 10. The molecule has 0 radical (unpaired) electrons. The first kappa shape index (κ1) is 21.6. The first-order chi connectivity index (χ1) is 14.0. The summed E-state index contributed by atoms with van der Waals surface area (Å²) >= 11 is 0. The summed E-state index contributed by atoms with van der Waals surface area (Å²) in [5.41, 5.74) is 0.248. The highest BCUT2D eigenvalue weighted by molar-refractivity contribution is 5.97. The van der Waals surface area contributed by atoms with E-state index in [1.807, 2.05) is 0 Å². The number of carbonyl (C=O) groups excluding carboxylic acids is 3. The van der Waals surface area contributed by atoms with Gasteiger partial charge in [-0.3, -0.25) is 14.4 Å². The van der Waals surface area contributed by atoms with Crippen molar-refractivity contribution < 1.29 is 33.0 Å². The topological polar surface area (TPSA) is 128 Å². The number of carbonyl (C=O) groups is 3. The number of ether oxygens (including phenoxy) is 3. The van der Waals surface area contributed by atoms with Crippen LogP contribution in [-0.4, -0.2) is 58.7 Å². The molecule has 3 amide bonds. The summed E-state index contributed by atoms with van der Waals surface area (Å²) in [6.07, 6.45) is 1.40. The molecular formula is C19H23N3O7. The molecule has 0 saturated carbocycles. The van der Waals surface area contributed by atoms with Crippen molar-refractivity contribution in [3.8, 4) is 17.2 Å². The fourth-order valence-corrected chi connectivity index (χ4v) is 2.41. The van der Waals surface area contributed by atoms with Crippen LogP contribution in [-0.2, 0) is 4.79 Å². The molecule has 10 nitrogen and oxygen atoms in total. The Bertz CT molecular complexity index is 824. The van der Waals surface area contributed by atoms with Gasteiger partial charge in [-0.25, -0.2) is 0 Å². The molecule has 0 saturated heterocycles. The number of hydrogen-bond donors (Lipinski definition) is 3. The van der Waals surface area contributed by atoms with Gasteiger partial charge in [0.1, 0.15) is 0 Å². The van der Waals surface area contributed by atoms with Gasteiger partial charge in [0.25, 0.3) is 11.8 Å². The molecule has 0 aliphatic rings. The van der Waals surface area contributed by atoms with Crippen molar-refractivity contribution in [2.24, 2.45) is 0 Å². The van der Waals surface area contributed by atoms with Crippen LogP contribution in [0, 0.1) is 0 Å². The Morgan fingerprint density at radius 1 is 0.897 bits per heavy atom. The van der Waals surface area contributed by atoms with E-state index in [9.17, 15) is 14.4 Å². The molecule has 0 unspecified atom stereocenters. The van der Waals surface area contributed by atoms with Crippen molar-refractivity contribution in [2.75, 3.05) is 41.0 Å². The number of nitrogens with one attached hydrogen (secondary N) is 3. The van der Waals surface area contributed by atoms with Gasteiger partial charge < -0.3 is 34.6 Å². The molecule has 1 aromatic carbocycles. The highest BCUT2D eigenvalue weighted by Gasteiger charge is 2.17. The van der Waals surface area contributed by atoms with E-state index in [2.05, 4.69) is 16.0 Å². The minimum atomic E-state index is -0.481. The van der Waals surface area contributed by atoms with E-state index in [0.29, 0.717) is 17.2 Å². The Hall–Kier alpha value is -3.69. The molecule has 156 valence electrons. The molecule has 0 aliphatic heterocycles. The highest BCUT2D eigenvalue weighted by atomic mass is 16.5. The Morgan fingerprint density at radius 2 is 1.55 bits per heavy atom. The monoisotopic (exact) mass is 405 g/mol. The average molecular weight is 405 g/mol. The van der Waals surface area contributed by atoms with Crippen LogP contribution in [0.1, 0.15) is 20.9 Å². The molecule has 2 aromatic rings. The minimum absolute atomic E-state index is 0.189. The van der Waals surface area contributed by atoms with Crippen LogP contribution in [0.3, 0.4) is 0 Å². The van der Waals surface area contributed by atoms with Crippen molar-refractivity contribution in [1.82, 2.24) is 16.0 Å². The van der Waals surface area contributed by atoms with Gasteiger partial charge in [0.15, 0.2) is 17.3 Å². The number of furan rings is 1. The predicted molar refractivity (Wildman–Crippen MR) is 102 cm³/mol. The Labute approximate surface area is 167 Å². The van der Waals surface area contributed by atoms with Crippen LogP contribution >= 0.6 is 0 Å². The quantitative estimate of drug-likeness (QED) is 0.493. The second kappa shape index (κ2) is 10.6. The number of amides is 3. The molecule has 10 heteroatoms. The van der Waals surface area contributed by atoms with Gasteiger partial charge in [0.2, 0.25) is 11.7 Å². The number of methoxy groups -OCH3 is 3. The van der Waals surface area contributed by atoms with E-state index >= 15 is 0 Å². The first-order valence-electron chi connectivity index (χ1n) is 8.66. The third-order valence-corrected chi connectivity index (χ3v) is 3.81. The maximum atomic E-state index is 12.3. The molecule has 0 fully saturated rings. The third-order valence-electron chi connectivity index (χ3n) is 3.81. The van der Waals surface area contributed by atoms with Crippen molar-refractivity contribution in [3.05, 3.63) is 41.9 Å². The summed E-state index contributed by atoms with van der Waals surface area (Å²) in [5, 5.41) is 7.68. The van der Waals surface area contributed by atoms with Gasteiger partial charge in [-0.05, 0) is 24.3 Å². The van der Waals surface area contributed by atoms with E-state index in [1.165, 1.54) is 45.8 Å². The van der Waals surface area contributed by atoms with Crippen LogP contribution < -0.4 is 30.2 Å². The van der Waals surface area contributed by atoms with E-state index in [1.54, 1.807) is 6.07 Å². The molecule has 29 heavy (non-hydrogen) atoms. The van der Waals surface area contributed by atoms with E-state index in [4.69, 9.17) is 18.6 Å². The molecule has 1 aromatic heterocycles. The maximum absolute atomic E-state index is 12.3. The predicted octanol–water partition coefficient (Wildman–Crippen LogP) is 0.581. The van der Waals surface area contributed by atoms with Crippen molar-refractivity contribution >= 4 is 17.7 Å². The first-order valence-corrected chi connectivity index (χ1v) is 8.66. The molecule has 3 N–H and O–H groups in total. The zero-order valence-electron chi connectivity index (χ0n) is 16.4. The lowest BCUT2D eigenvalue weighted by Gasteiger charge is -2.14. The van der Waals surface area contributed by atoms with Crippen molar-refractivity contribution in [3.63, 3.8) is 0 Å². The van der Waals surface area contributed by atoms with Crippen LogP contribution in [0.5, 0.6) is 17.2 Å². The highest BCUT2D eigenvalue weighted by Crippen LogP contribution is 2.38. The summed E-state index contributed by atoms with van der Waals surface area (Å²) < 4.78 is 20.6. The maximum Gasteiger partial charge on any atom is 0.287 e. The lowest BCUT2D eigenvalue weighted by molar-refractivity contribution is -0.120. The van der Waals surface area contributed by atoms with E-state index < -0.39 is 11.8 Å². The summed E-state index contributed by atoms with van der Waals surface area (Å²) in [4.78, 5) is 35.9. The second-order valence-electron chi connectivity index (χ2n) is 5.68.